The molecule has 0 radical (unpaired) electrons. The van der Waals surface area contributed by atoms with Crippen LogP contribution in [0.25, 0.3) is 0 Å². The van der Waals surface area contributed by atoms with E-state index in [0.29, 0.717) is 30.5 Å². The first-order valence-corrected chi connectivity index (χ1v) is 9.73. The first-order chi connectivity index (χ1) is 13.1. The summed E-state index contributed by atoms with van der Waals surface area (Å²) in [6, 6.07) is 10.4. The number of aromatic nitrogens is 2. The van der Waals surface area contributed by atoms with Crippen LogP contribution >= 0.6 is 0 Å². The highest BCUT2D eigenvalue weighted by Crippen LogP contribution is 2.24. The van der Waals surface area contributed by atoms with Crippen LogP contribution in [0, 0.1) is 5.92 Å². The number of ether oxygens (including phenoxy) is 1. The zero-order chi connectivity index (χ0) is 19.2. The summed E-state index contributed by atoms with van der Waals surface area (Å²) in [4.78, 5) is 14.7. The topological polar surface area (TPSA) is 68.5 Å². The van der Waals surface area contributed by atoms with Gasteiger partial charge in [-0.15, -0.1) is 10.2 Å². The van der Waals surface area contributed by atoms with Gasteiger partial charge in [0.05, 0.1) is 6.10 Å². The number of aryl methyl sites for hydroxylation is 1. The van der Waals surface area contributed by atoms with Gasteiger partial charge in [-0.05, 0) is 18.4 Å². The molecule has 2 atom stereocenters. The molecule has 27 heavy (non-hydrogen) atoms. The van der Waals surface area contributed by atoms with E-state index in [1.807, 2.05) is 24.8 Å². The number of hydrogen-bond donors (Lipinski definition) is 0. The molecular weight excluding hydrogens is 342 g/mol. The Morgan fingerprint density at radius 2 is 2.07 bits per heavy atom. The second-order valence-electron chi connectivity index (χ2n) is 7.54. The summed E-state index contributed by atoms with van der Waals surface area (Å²) in [6.07, 6.45) is 2.88. The molecule has 0 unspecified atom stereocenters. The van der Waals surface area contributed by atoms with E-state index >= 15 is 0 Å². The van der Waals surface area contributed by atoms with Crippen molar-refractivity contribution in [3.63, 3.8) is 0 Å². The first kappa shape index (κ1) is 19.5. The lowest BCUT2D eigenvalue weighted by molar-refractivity contribution is -0.135. The van der Waals surface area contributed by atoms with Crippen LogP contribution < -0.4 is 0 Å². The molecule has 0 spiro atoms. The number of carbonyl (C=O) groups excluding carboxylic acids is 1. The monoisotopic (exact) mass is 371 g/mol. The highest BCUT2D eigenvalue weighted by atomic mass is 16.5. The third-order valence-electron chi connectivity index (χ3n) is 5.19. The Bertz CT molecular complexity index is 729. The molecule has 1 aliphatic heterocycles. The molecule has 0 bridgehead atoms. The van der Waals surface area contributed by atoms with Crippen LogP contribution in [0.3, 0.4) is 0 Å². The number of likely N-dealkylation sites (tertiary alicyclic amines) is 1. The van der Waals surface area contributed by atoms with E-state index < -0.39 is 0 Å². The van der Waals surface area contributed by atoms with Crippen LogP contribution in [0.4, 0.5) is 0 Å². The van der Waals surface area contributed by atoms with E-state index in [-0.39, 0.29) is 17.9 Å². The lowest BCUT2D eigenvalue weighted by Gasteiger charge is -2.38. The molecule has 1 fully saturated rings. The van der Waals surface area contributed by atoms with Crippen molar-refractivity contribution in [1.82, 2.24) is 15.1 Å². The van der Waals surface area contributed by atoms with Crippen LogP contribution in [0.1, 0.15) is 50.0 Å². The zero-order valence-electron chi connectivity index (χ0n) is 16.4. The SMILES string of the molecule is CO[C@@H]1CCN(C(=O)CCc2nnc(C(C)C)o2)C[C@H]1Cc1ccccc1. The predicted octanol–water partition coefficient (Wildman–Crippen LogP) is 3.23. The van der Waals surface area contributed by atoms with Crippen molar-refractivity contribution in [2.24, 2.45) is 5.92 Å². The molecule has 0 aliphatic carbocycles. The van der Waals surface area contributed by atoms with Crippen molar-refractivity contribution in [2.45, 2.75) is 51.6 Å². The molecule has 3 rings (SSSR count). The van der Waals surface area contributed by atoms with Crippen molar-refractivity contribution in [3.05, 3.63) is 47.7 Å². The van der Waals surface area contributed by atoms with Gasteiger partial charge >= 0.3 is 0 Å². The van der Waals surface area contributed by atoms with E-state index in [2.05, 4.69) is 34.5 Å². The average molecular weight is 371 g/mol. The second kappa shape index (κ2) is 9.13. The molecule has 1 saturated heterocycles. The lowest BCUT2D eigenvalue weighted by Crippen LogP contribution is -2.47. The van der Waals surface area contributed by atoms with Gasteiger partial charge in [0, 0.05) is 44.9 Å². The maximum absolute atomic E-state index is 12.7. The Morgan fingerprint density at radius 3 is 2.74 bits per heavy atom. The highest BCUT2D eigenvalue weighted by Gasteiger charge is 2.31. The summed E-state index contributed by atoms with van der Waals surface area (Å²) in [7, 11) is 1.77. The molecule has 6 heteroatoms. The van der Waals surface area contributed by atoms with Gasteiger partial charge < -0.3 is 14.1 Å². The van der Waals surface area contributed by atoms with Crippen molar-refractivity contribution in [3.8, 4) is 0 Å². The average Bonchev–Trinajstić information content (AvgIpc) is 3.16. The largest absolute Gasteiger partial charge is 0.425 e. The van der Waals surface area contributed by atoms with E-state index in [4.69, 9.17) is 9.15 Å². The van der Waals surface area contributed by atoms with Gasteiger partial charge in [0.1, 0.15) is 0 Å². The zero-order valence-corrected chi connectivity index (χ0v) is 16.4. The number of piperidine rings is 1. The fourth-order valence-electron chi connectivity index (χ4n) is 3.63. The van der Waals surface area contributed by atoms with Crippen molar-refractivity contribution < 1.29 is 13.9 Å². The fraction of sp³-hybridized carbons (Fsp3) is 0.571. The Morgan fingerprint density at radius 1 is 1.30 bits per heavy atom. The fourth-order valence-corrected chi connectivity index (χ4v) is 3.63. The Hall–Kier alpha value is -2.21. The van der Waals surface area contributed by atoms with Crippen LogP contribution in [0.5, 0.6) is 0 Å². The molecule has 1 aliphatic rings. The minimum Gasteiger partial charge on any atom is -0.425 e. The lowest BCUT2D eigenvalue weighted by atomic mass is 9.88. The maximum Gasteiger partial charge on any atom is 0.223 e. The normalized spacial score (nSPS) is 20.2. The molecular formula is C21H29N3O3. The van der Waals surface area contributed by atoms with Gasteiger partial charge in [-0.1, -0.05) is 44.2 Å². The maximum atomic E-state index is 12.7. The predicted molar refractivity (Wildman–Crippen MR) is 102 cm³/mol. The first-order valence-electron chi connectivity index (χ1n) is 9.73. The molecule has 2 heterocycles. The van der Waals surface area contributed by atoms with E-state index in [0.717, 1.165) is 25.9 Å². The van der Waals surface area contributed by atoms with E-state index in [9.17, 15) is 4.79 Å². The molecule has 1 aromatic carbocycles. The quantitative estimate of drug-likeness (QED) is 0.747. The summed E-state index contributed by atoms with van der Waals surface area (Å²) in [5.74, 6) is 1.83. The smallest absolute Gasteiger partial charge is 0.223 e. The van der Waals surface area contributed by atoms with Crippen molar-refractivity contribution in [1.29, 1.82) is 0 Å². The minimum absolute atomic E-state index is 0.145. The molecule has 1 aromatic heterocycles. The van der Waals surface area contributed by atoms with Crippen LogP contribution in [-0.4, -0.2) is 47.3 Å². The standard InChI is InChI=1S/C21H29N3O3/c1-15(2)21-23-22-19(27-21)9-10-20(25)24-12-11-18(26-3)17(14-24)13-16-7-5-4-6-8-16/h4-8,15,17-18H,9-14H2,1-3H3/t17-,18-/m1/s1. The highest BCUT2D eigenvalue weighted by molar-refractivity contribution is 5.76. The molecule has 0 saturated carbocycles. The Balaban J connectivity index is 1.56. The summed E-state index contributed by atoms with van der Waals surface area (Å²) in [5, 5.41) is 8.07. The van der Waals surface area contributed by atoms with Crippen LogP contribution in [0.15, 0.2) is 34.7 Å². The van der Waals surface area contributed by atoms with Gasteiger partial charge in [-0.3, -0.25) is 4.79 Å². The number of hydrogen-bond acceptors (Lipinski definition) is 5. The van der Waals surface area contributed by atoms with E-state index in [1.54, 1.807) is 7.11 Å². The van der Waals surface area contributed by atoms with Crippen molar-refractivity contribution in [2.75, 3.05) is 20.2 Å². The number of methoxy groups -OCH3 is 1. The Labute approximate surface area is 160 Å². The molecule has 0 N–H and O–H groups in total. The number of rotatable bonds is 7. The summed E-state index contributed by atoms with van der Waals surface area (Å²) < 4.78 is 11.3. The number of amides is 1. The number of carbonyl (C=O) groups is 1. The third kappa shape index (κ3) is 5.16. The summed E-state index contributed by atoms with van der Waals surface area (Å²) >= 11 is 0. The summed E-state index contributed by atoms with van der Waals surface area (Å²) in [5.41, 5.74) is 1.28. The minimum atomic E-state index is 0.145. The second-order valence-corrected chi connectivity index (χ2v) is 7.54. The number of benzene rings is 1. The Kier molecular flexibility index (Phi) is 6.61. The van der Waals surface area contributed by atoms with Crippen LogP contribution in [-0.2, 0) is 22.4 Å². The molecule has 1 amide bonds. The molecule has 146 valence electrons. The van der Waals surface area contributed by atoms with Gasteiger partial charge in [-0.25, -0.2) is 0 Å². The molecule has 6 nitrogen and oxygen atoms in total. The van der Waals surface area contributed by atoms with Crippen LogP contribution in [0.2, 0.25) is 0 Å². The molecule has 2 aromatic rings. The summed E-state index contributed by atoms with van der Waals surface area (Å²) in [6.45, 7) is 5.49. The van der Waals surface area contributed by atoms with Gasteiger partial charge in [-0.2, -0.15) is 0 Å². The third-order valence-corrected chi connectivity index (χ3v) is 5.19. The van der Waals surface area contributed by atoms with E-state index in [1.165, 1.54) is 5.56 Å². The van der Waals surface area contributed by atoms with Gasteiger partial charge in [0.15, 0.2) is 0 Å². The number of nitrogens with zero attached hydrogens (tertiary/aromatic N) is 3. The van der Waals surface area contributed by atoms with Gasteiger partial charge in [0.2, 0.25) is 17.7 Å². The van der Waals surface area contributed by atoms with Crippen molar-refractivity contribution >= 4 is 5.91 Å². The van der Waals surface area contributed by atoms with Gasteiger partial charge in [0.25, 0.3) is 0 Å².